The highest BCUT2D eigenvalue weighted by molar-refractivity contribution is 6.07. The molecule has 0 aliphatic rings. The van der Waals surface area contributed by atoms with Crippen LogP contribution in [-0.2, 0) is 4.74 Å². The zero-order valence-electron chi connectivity index (χ0n) is 13.1. The number of benzene rings is 1. The molecule has 122 valence electrons. The Balaban J connectivity index is 2.10. The molecular formula is C18H16FN3O2. The summed E-state index contributed by atoms with van der Waals surface area (Å²) in [4.78, 5) is 21.2. The summed E-state index contributed by atoms with van der Waals surface area (Å²) in [5.41, 5.74) is 1.98. The van der Waals surface area contributed by atoms with Crippen LogP contribution in [0.4, 0.5) is 4.39 Å². The Morgan fingerprint density at radius 2 is 2.08 bits per heavy atom. The lowest BCUT2D eigenvalue weighted by Gasteiger charge is -2.10. The van der Waals surface area contributed by atoms with Gasteiger partial charge in [-0.15, -0.1) is 0 Å². The van der Waals surface area contributed by atoms with Gasteiger partial charge in [0.1, 0.15) is 5.82 Å². The van der Waals surface area contributed by atoms with Crippen molar-refractivity contribution in [3.8, 4) is 11.4 Å². The monoisotopic (exact) mass is 325 g/mol. The van der Waals surface area contributed by atoms with E-state index in [1.54, 1.807) is 37.6 Å². The van der Waals surface area contributed by atoms with Gasteiger partial charge in [-0.05, 0) is 30.3 Å². The first-order chi connectivity index (χ1) is 11.7. The molecular weight excluding hydrogens is 309 g/mol. The number of carbonyl (C=O) groups is 1. The van der Waals surface area contributed by atoms with Crippen LogP contribution in [-0.4, -0.2) is 36.1 Å². The smallest absolute Gasteiger partial charge is 0.252 e. The first kappa shape index (κ1) is 16.0. The van der Waals surface area contributed by atoms with Crippen molar-refractivity contribution in [3.63, 3.8) is 0 Å². The summed E-state index contributed by atoms with van der Waals surface area (Å²) >= 11 is 0. The third kappa shape index (κ3) is 3.38. The second kappa shape index (κ2) is 7.14. The molecule has 0 spiro atoms. The number of methoxy groups -OCH3 is 1. The summed E-state index contributed by atoms with van der Waals surface area (Å²) in [5, 5.41) is 3.37. The molecule has 0 saturated carbocycles. The van der Waals surface area contributed by atoms with Gasteiger partial charge < -0.3 is 10.1 Å². The van der Waals surface area contributed by atoms with Crippen molar-refractivity contribution in [2.24, 2.45) is 0 Å². The fraction of sp³-hybridized carbons (Fsp3) is 0.167. The van der Waals surface area contributed by atoms with Crippen LogP contribution in [0.15, 0.2) is 48.7 Å². The lowest BCUT2D eigenvalue weighted by molar-refractivity contribution is 0.0938. The molecule has 0 aliphatic carbocycles. The lowest BCUT2D eigenvalue weighted by Crippen LogP contribution is -2.27. The first-order valence-corrected chi connectivity index (χ1v) is 7.48. The Bertz CT molecular complexity index is 869. The number of carbonyl (C=O) groups excluding carboxylic acids is 1. The van der Waals surface area contributed by atoms with Gasteiger partial charge in [0.15, 0.2) is 0 Å². The molecule has 3 aromatic rings. The zero-order valence-corrected chi connectivity index (χ0v) is 13.1. The number of hydrogen-bond donors (Lipinski definition) is 1. The van der Waals surface area contributed by atoms with E-state index in [4.69, 9.17) is 4.74 Å². The van der Waals surface area contributed by atoms with Gasteiger partial charge in [-0.1, -0.05) is 6.07 Å². The summed E-state index contributed by atoms with van der Waals surface area (Å²) in [6.45, 7) is 0.801. The largest absolute Gasteiger partial charge is 0.383 e. The molecule has 0 saturated heterocycles. The molecule has 1 aromatic carbocycles. The second-order valence-corrected chi connectivity index (χ2v) is 5.18. The standard InChI is InChI=1S/C18H16FN3O2/c1-24-9-8-21-18(23)14-11-17(15-4-2-3-7-20-15)22-16-10-12(19)5-6-13(14)16/h2-7,10-11H,8-9H2,1H3,(H,21,23). The van der Waals surface area contributed by atoms with Crippen LogP contribution in [0.5, 0.6) is 0 Å². The van der Waals surface area contributed by atoms with Crippen molar-refractivity contribution < 1.29 is 13.9 Å². The van der Waals surface area contributed by atoms with Crippen molar-refractivity contribution in [2.45, 2.75) is 0 Å². The molecule has 1 N–H and O–H groups in total. The summed E-state index contributed by atoms with van der Waals surface area (Å²) in [6, 6.07) is 11.3. The molecule has 0 bridgehead atoms. The fourth-order valence-electron chi connectivity index (χ4n) is 2.40. The highest BCUT2D eigenvalue weighted by Crippen LogP contribution is 2.24. The highest BCUT2D eigenvalue weighted by Gasteiger charge is 2.14. The Kier molecular flexibility index (Phi) is 4.77. The van der Waals surface area contributed by atoms with Gasteiger partial charge in [-0.25, -0.2) is 9.37 Å². The molecule has 5 nitrogen and oxygen atoms in total. The Morgan fingerprint density at radius 1 is 1.21 bits per heavy atom. The van der Waals surface area contributed by atoms with Gasteiger partial charge in [-0.2, -0.15) is 0 Å². The molecule has 1 amide bonds. The van der Waals surface area contributed by atoms with E-state index in [0.717, 1.165) is 0 Å². The molecule has 3 rings (SSSR count). The normalized spacial score (nSPS) is 10.8. The molecule has 0 fully saturated rings. The summed E-state index contributed by atoms with van der Waals surface area (Å²) < 4.78 is 18.5. The lowest BCUT2D eigenvalue weighted by atomic mass is 10.1. The van der Waals surface area contributed by atoms with Crippen molar-refractivity contribution in [3.05, 3.63) is 60.0 Å². The third-order valence-corrected chi connectivity index (χ3v) is 3.54. The molecule has 0 unspecified atom stereocenters. The number of aromatic nitrogens is 2. The van der Waals surface area contributed by atoms with E-state index in [0.29, 0.717) is 41.0 Å². The predicted molar refractivity (Wildman–Crippen MR) is 89.1 cm³/mol. The Morgan fingerprint density at radius 3 is 2.83 bits per heavy atom. The summed E-state index contributed by atoms with van der Waals surface area (Å²) in [5.74, 6) is -0.665. The summed E-state index contributed by atoms with van der Waals surface area (Å²) in [6.07, 6.45) is 1.64. The van der Waals surface area contributed by atoms with Crippen LogP contribution in [0, 0.1) is 5.82 Å². The molecule has 6 heteroatoms. The number of ether oxygens (including phenoxy) is 1. The number of amides is 1. The second-order valence-electron chi connectivity index (χ2n) is 5.18. The van der Waals surface area contributed by atoms with Crippen molar-refractivity contribution in [1.29, 1.82) is 0 Å². The quantitative estimate of drug-likeness (QED) is 0.733. The maximum atomic E-state index is 13.6. The average Bonchev–Trinajstić information content (AvgIpc) is 2.61. The van der Waals surface area contributed by atoms with E-state index in [9.17, 15) is 9.18 Å². The van der Waals surface area contributed by atoms with Crippen LogP contribution in [0.3, 0.4) is 0 Å². The number of nitrogens with zero attached hydrogens (tertiary/aromatic N) is 2. The van der Waals surface area contributed by atoms with Crippen LogP contribution < -0.4 is 5.32 Å². The Labute approximate surface area is 138 Å². The summed E-state index contributed by atoms with van der Waals surface area (Å²) in [7, 11) is 1.57. The minimum Gasteiger partial charge on any atom is -0.383 e. The van der Waals surface area contributed by atoms with E-state index in [1.165, 1.54) is 12.1 Å². The zero-order chi connectivity index (χ0) is 16.9. The van der Waals surface area contributed by atoms with Crippen molar-refractivity contribution in [1.82, 2.24) is 15.3 Å². The van der Waals surface area contributed by atoms with E-state index in [1.807, 2.05) is 6.07 Å². The van der Waals surface area contributed by atoms with Gasteiger partial charge in [-0.3, -0.25) is 9.78 Å². The molecule has 24 heavy (non-hydrogen) atoms. The molecule has 0 atom stereocenters. The maximum absolute atomic E-state index is 13.6. The van der Waals surface area contributed by atoms with E-state index >= 15 is 0 Å². The van der Waals surface area contributed by atoms with Gasteiger partial charge >= 0.3 is 0 Å². The molecule has 0 aliphatic heterocycles. The first-order valence-electron chi connectivity index (χ1n) is 7.48. The minimum absolute atomic E-state index is 0.261. The SMILES string of the molecule is COCCNC(=O)c1cc(-c2ccccn2)nc2cc(F)ccc12. The number of fused-ring (bicyclic) bond motifs is 1. The number of halogens is 1. The average molecular weight is 325 g/mol. The van der Waals surface area contributed by atoms with Gasteiger partial charge in [0, 0.05) is 31.3 Å². The predicted octanol–water partition coefficient (Wildman–Crippen LogP) is 2.81. The van der Waals surface area contributed by atoms with Crippen LogP contribution >= 0.6 is 0 Å². The third-order valence-electron chi connectivity index (χ3n) is 3.54. The Hall–Kier alpha value is -2.86. The van der Waals surface area contributed by atoms with Crippen LogP contribution in [0.2, 0.25) is 0 Å². The molecule has 2 aromatic heterocycles. The van der Waals surface area contributed by atoms with E-state index < -0.39 is 5.82 Å². The number of pyridine rings is 2. The minimum atomic E-state index is -0.404. The van der Waals surface area contributed by atoms with Gasteiger partial charge in [0.05, 0.1) is 29.1 Å². The fourth-order valence-corrected chi connectivity index (χ4v) is 2.40. The van der Waals surface area contributed by atoms with Gasteiger partial charge in [0.25, 0.3) is 5.91 Å². The number of nitrogens with one attached hydrogen (secondary N) is 1. The van der Waals surface area contributed by atoms with Crippen molar-refractivity contribution in [2.75, 3.05) is 20.3 Å². The topological polar surface area (TPSA) is 64.1 Å². The van der Waals surface area contributed by atoms with E-state index in [-0.39, 0.29) is 5.91 Å². The van der Waals surface area contributed by atoms with E-state index in [2.05, 4.69) is 15.3 Å². The van der Waals surface area contributed by atoms with Crippen LogP contribution in [0.25, 0.3) is 22.3 Å². The molecule has 2 heterocycles. The maximum Gasteiger partial charge on any atom is 0.252 e. The number of rotatable bonds is 5. The highest BCUT2D eigenvalue weighted by atomic mass is 19.1. The van der Waals surface area contributed by atoms with Gasteiger partial charge in [0.2, 0.25) is 0 Å². The number of hydrogen-bond acceptors (Lipinski definition) is 4. The molecule has 0 radical (unpaired) electrons. The van der Waals surface area contributed by atoms with Crippen molar-refractivity contribution >= 4 is 16.8 Å². The van der Waals surface area contributed by atoms with Crippen LogP contribution in [0.1, 0.15) is 10.4 Å².